The SMILES string of the molecule is CCC(=O)C(/C=N/O)=N/Nc1ccc(OC)cc1. The van der Waals surface area contributed by atoms with Crippen molar-refractivity contribution in [3.63, 3.8) is 0 Å². The van der Waals surface area contributed by atoms with Gasteiger partial charge in [-0.1, -0.05) is 12.1 Å². The van der Waals surface area contributed by atoms with Crippen molar-refractivity contribution in [1.29, 1.82) is 0 Å². The van der Waals surface area contributed by atoms with Crippen LogP contribution >= 0.6 is 0 Å². The standard InChI is InChI=1S/C12H15N3O3/c1-3-12(16)11(8-13-17)15-14-9-4-6-10(18-2)7-5-9/h4-8,14,17H,3H2,1-2H3/b13-8+,15-11+. The van der Waals surface area contributed by atoms with Crippen LogP contribution in [0.25, 0.3) is 0 Å². The topological polar surface area (TPSA) is 83.3 Å². The Morgan fingerprint density at radius 2 is 2.11 bits per heavy atom. The summed E-state index contributed by atoms with van der Waals surface area (Å²) in [5, 5.41) is 15.1. The summed E-state index contributed by atoms with van der Waals surface area (Å²) in [5.41, 5.74) is 3.47. The summed E-state index contributed by atoms with van der Waals surface area (Å²) in [5.74, 6) is 0.514. The molecule has 0 radical (unpaired) electrons. The maximum Gasteiger partial charge on any atom is 0.184 e. The molecule has 2 N–H and O–H groups in total. The minimum Gasteiger partial charge on any atom is -0.497 e. The number of Topliss-reactive ketones (excluding diaryl/α,β-unsaturated/α-hetero) is 1. The molecule has 0 aliphatic heterocycles. The van der Waals surface area contributed by atoms with E-state index >= 15 is 0 Å². The van der Waals surface area contributed by atoms with Gasteiger partial charge >= 0.3 is 0 Å². The molecule has 0 amide bonds. The van der Waals surface area contributed by atoms with E-state index in [9.17, 15) is 4.79 Å². The van der Waals surface area contributed by atoms with Crippen molar-refractivity contribution in [2.24, 2.45) is 10.3 Å². The lowest BCUT2D eigenvalue weighted by Crippen LogP contribution is -2.16. The highest BCUT2D eigenvalue weighted by atomic mass is 16.5. The number of carbonyl (C=O) groups is 1. The van der Waals surface area contributed by atoms with Crippen LogP contribution < -0.4 is 10.2 Å². The van der Waals surface area contributed by atoms with E-state index < -0.39 is 0 Å². The van der Waals surface area contributed by atoms with Gasteiger partial charge in [0.25, 0.3) is 0 Å². The number of methoxy groups -OCH3 is 1. The predicted octanol–water partition coefficient (Wildman–Crippen LogP) is 1.90. The summed E-state index contributed by atoms with van der Waals surface area (Å²) in [6.45, 7) is 1.70. The number of nitrogens with zero attached hydrogens (tertiary/aromatic N) is 2. The lowest BCUT2D eigenvalue weighted by Gasteiger charge is -2.03. The van der Waals surface area contributed by atoms with Crippen LogP contribution in [-0.4, -0.2) is 30.0 Å². The predicted molar refractivity (Wildman–Crippen MR) is 69.6 cm³/mol. The molecule has 1 rings (SSSR count). The maximum atomic E-state index is 11.4. The van der Waals surface area contributed by atoms with Crippen molar-refractivity contribution in [2.45, 2.75) is 13.3 Å². The van der Waals surface area contributed by atoms with Gasteiger partial charge in [0.2, 0.25) is 0 Å². The van der Waals surface area contributed by atoms with Gasteiger partial charge in [0.1, 0.15) is 11.5 Å². The van der Waals surface area contributed by atoms with Crippen LogP contribution in [0.2, 0.25) is 0 Å². The largest absolute Gasteiger partial charge is 0.497 e. The second-order valence-electron chi connectivity index (χ2n) is 3.36. The number of rotatable bonds is 6. The van der Waals surface area contributed by atoms with Crippen molar-refractivity contribution in [1.82, 2.24) is 0 Å². The van der Waals surface area contributed by atoms with Gasteiger partial charge in [-0.05, 0) is 24.3 Å². The number of hydrazone groups is 1. The van der Waals surface area contributed by atoms with E-state index in [1.54, 1.807) is 38.3 Å². The smallest absolute Gasteiger partial charge is 0.184 e. The molecule has 0 atom stereocenters. The molecular formula is C12H15N3O3. The molecule has 0 heterocycles. The average Bonchev–Trinajstić information content (AvgIpc) is 2.43. The maximum absolute atomic E-state index is 11.4. The zero-order valence-electron chi connectivity index (χ0n) is 10.3. The van der Waals surface area contributed by atoms with Gasteiger partial charge < -0.3 is 9.94 Å². The molecule has 0 spiro atoms. The molecule has 0 bridgehead atoms. The van der Waals surface area contributed by atoms with Gasteiger partial charge in [-0.15, -0.1) is 0 Å². The van der Waals surface area contributed by atoms with E-state index in [1.807, 2.05) is 0 Å². The first-order valence-electron chi connectivity index (χ1n) is 5.39. The number of hydrogen-bond donors (Lipinski definition) is 2. The molecule has 96 valence electrons. The fourth-order valence-corrected chi connectivity index (χ4v) is 1.19. The summed E-state index contributed by atoms with van der Waals surface area (Å²) >= 11 is 0. The molecule has 6 nitrogen and oxygen atoms in total. The van der Waals surface area contributed by atoms with Crippen LogP contribution in [0, 0.1) is 0 Å². The highest BCUT2D eigenvalue weighted by molar-refractivity contribution is 6.61. The molecule has 0 saturated heterocycles. The molecule has 0 aliphatic carbocycles. The summed E-state index contributed by atoms with van der Waals surface area (Å²) in [7, 11) is 1.58. The van der Waals surface area contributed by atoms with Crippen LogP contribution in [0.5, 0.6) is 5.75 Å². The Kier molecular flexibility index (Phi) is 5.37. The molecule has 0 fully saturated rings. The first-order valence-corrected chi connectivity index (χ1v) is 5.39. The fraction of sp³-hybridized carbons (Fsp3) is 0.250. The lowest BCUT2D eigenvalue weighted by molar-refractivity contribution is -0.112. The van der Waals surface area contributed by atoms with E-state index in [0.29, 0.717) is 5.69 Å². The summed E-state index contributed by atoms with van der Waals surface area (Å²) < 4.78 is 5.02. The second-order valence-corrected chi connectivity index (χ2v) is 3.36. The van der Waals surface area contributed by atoms with E-state index in [4.69, 9.17) is 9.94 Å². The van der Waals surface area contributed by atoms with Gasteiger partial charge in [0.15, 0.2) is 5.78 Å². The fourth-order valence-electron chi connectivity index (χ4n) is 1.19. The van der Waals surface area contributed by atoms with Gasteiger partial charge in [-0.2, -0.15) is 5.10 Å². The minimum absolute atomic E-state index is 0.0656. The quantitative estimate of drug-likeness (QED) is 0.458. The Morgan fingerprint density at radius 3 is 2.61 bits per heavy atom. The zero-order chi connectivity index (χ0) is 13.4. The minimum atomic E-state index is -0.214. The number of hydrogen-bond acceptors (Lipinski definition) is 6. The number of carbonyl (C=O) groups excluding carboxylic acids is 1. The summed E-state index contributed by atoms with van der Waals surface area (Å²) in [6.07, 6.45) is 1.29. The van der Waals surface area contributed by atoms with Gasteiger partial charge in [-0.25, -0.2) is 0 Å². The van der Waals surface area contributed by atoms with Crippen LogP contribution in [0.3, 0.4) is 0 Å². The Bertz CT molecular complexity index is 452. The van der Waals surface area contributed by atoms with Crippen molar-refractivity contribution >= 4 is 23.4 Å². The van der Waals surface area contributed by atoms with Crippen molar-refractivity contribution in [2.75, 3.05) is 12.5 Å². The number of ketones is 1. The van der Waals surface area contributed by atoms with Crippen molar-refractivity contribution in [3.8, 4) is 5.75 Å². The van der Waals surface area contributed by atoms with Crippen LogP contribution in [-0.2, 0) is 4.79 Å². The number of benzene rings is 1. The molecule has 6 heteroatoms. The third kappa shape index (κ3) is 3.89. The summed E-state index contributed by atoms with van der Waals surface area (Å²) in [6, 6.07) is 7.04. The van der Waals surface area contributed by atoms with E-state index in [-0.39, 0.29) is 17.9 Å². The lowest BCUT2D eigenvalue weighted by atomic mass is 10.2. The molecule has 0 unspecified atom stereocenters. The second kappa shape index (κ2) is 7.05. The third-order valence-electron chi connectivity index (χ3n) is 2.18. The molecule has 18 heavy (non-hydrogen) atoms. The van der Waals surface area contributed by atoms with Crippen LogP contribution in [0.1, 0.15) is 13.3 Å². The number of anilines is 1. The highest BCUT2D eigenvalue weighted by Crippen LogP contribution is 2.14. The average molecular weight is 249 g/mol. The van der Waals surface area contributed by atoms with E-state index in [1.165, 1.54) is 0 Å². The molecular weight excluding hydrogens is 234 g/mol. The normalized spacial score (nSPS) is 11.6. The zero-order valence-corrected chi connectivity index (χ0v) is 10.3. The number of nitrogens with one attached hydrogen (secondary N) is 1. The highest BCUT2D eigenvalue weighted by Gasteiger charge is 2.06. The molecule has 0 aromatic heterocycles. The monoisotopic (exact) mass is 249 g/mol. The van der Waals surface area contributed by atoms with E-state index in [0.717, 1.165) is 12.0 Å². The Labute approximate surface area is 105 Å². The summed E-state index contributed by atoms with van der Waals surface area (Å²) in [4.78, 5) is 11.4. The first-order chi connectivity index (χ1) is 8.71. The Hall–Kier alpha value is -2.37. The Balaban J connectivity index is 2.78. The van der Waals surface area contributed by atoms with Crippen molar-refractivity contribution in [3.05, 3.63) is 24.3 Å². The first kappa shape index (κ1) is 13.7. The van der Waals surface area contributed by atoms with Crippen LogP contribution in [0.15, 0.2) is 34.5 Å². The molecule has 0 aliphatic rings. The van der Waals surface area contributed by atoms with Crippen molar-refractivity contribution < 1.29 is 14.7 Å². The number of ether oxygens (including phenoxy) is 1. The molecule has 1 aromatic rings. The third-order valence-corrected chi connectivity index (χ3v) is 2.18. The van der Waals surface area contributed by atoms with Gasteiger partial charge in [0.05, 0.1) is 19.0 Å². The van der Waals surface area contributed by atoms with E-state index in [2.05, 4.69) is 15.7 Å². The Morgan fingerprint density at radius 1 is 1.44 bits per heavy atom. The van der Waals surface area contributed by atoms with Gasteiger partial charge in [-0.3, -0.25) is 10.2 Å². The molecule has 0 saturated carbocycles. The van der Waals surface area contributed by atoms with Gasteiger partial charge in [0, 0.05) is 6.42 Å². The number of oxime groups is 1. The van der Waals surface area contributed by atoms with Crippen LogP contribution in [0.4, 0.5) is 5.69 Å². The molecule has 1 aromatic carbocycles.